The Kier molecular flexibility index (Phi) is 4.90. The van der Waals surface area contributed by atoms with Crippen molar-refractivity contribution in [2.24, 2.45) is 14.1 Å². The van der Waals surface area contributed by atoms with Crippen LogP contribution >= 0.6 is 0 Å². The molecule has 1 aliphatic rings. The van der Waals surface area contributed by atoms with E-state index >= 15 is 0 Å². The van der Waals surface area contributed by atoms with Gasteiger partial charge in [-0.2, -0.15) is 5.10 Å². The summed E-state index contributed by atoms with van der Waals surface area (Å²) in [5.41, 5.74) is 7.17. The molecule has 1 atom stereocenters. The van der Waals surface area contributed by atoms with Crippen molar-refractivity contribution in [1.82, 2.24) is 19.3 Å². The number of hydrogen-bond donors (Lipinski definition) is 3. The highest BCUT2D eigenvalue weighted by Crippen LogP contribution is 2.47. The lowest BCUT2D eigenvalue weighted by Crippen LogP contribution is -2.31. The highest BCUT2D eigenvalue weighted by molar-refractivity contribution is 5.96. The molecule has 1 aliphatic heterocycles. The van der Waals surface area contributed by atoms with Crippen LogP contribution in [0.25, 0.3) is 33.1 Å². The van der Waals surface area contributed by atoms with E-state index in [-0.39, 0.29) is 22.4 Å². The van der Waals surface area contributed by atoms with Crippen molar-refractivity contribution >= 4 is 33.3 Å². The Hall–Kier alpha value is -5.31. The normalized spacial score (nSPS) is 14.6. The molecule has 0 amide bonds. The Labute approximate surface area is 222 Å². The predicted octanol–water partition coefficient (Wildman–Crippen LogP) is 4.42. The minimum atomic E-state index is -0.457. The minimum Gasteiger partial charge on any atom is -0.506 e. The number of rotatable bonds is 3. The van der Waals surface area contributed by atoms with Gasteiger partial charge in [-0.3, -0.25) is 25.1 Å². The lowest BCUT2D eigenvalue weighted by atomic mass is 9.95. The maximum Gasteiger partial charge on any atom is 0.264 e. The zero-order valence-corrected chi connectivity index (χ0v) is 21.2. The molecular formula is C30H24N6O3. The summed E-state index contributed by atoms with van der Waals surface area (Å²) in [6.45, 7) is 0. The molecule has 0 radical (unpaired) electrons. The molecule has 3 aromatic carbocycles. The third-order valence-corrected chi connectivity index (χ3v) is 7.59. The van der Waals surface area contributed by atoms with Gasteiger partial charge >= 0.3 is 0 Å². The Bertz CT molecular complexity index is 2040. The lowest BCUT2D eigenvalue weighted by Gasteiger charge is -2.29. The molecule has 0 saturated carbocycles. The number of hydrogen-bond acceptors (Lipinski definition) is 6. The van der Waals surface area contributed by atoms with Crippen molar-refractivity contribution in [3.8, 4) is 17.0 Å². The summed E-state index contributed by atoms with van der Waals surface area (Å²) in [5.74, 6) is 0.405. The first kappa shape index (κ1) is 22.9. The first-order chi connectivity index (χ1) is 19.0. The zero-order valence-electron chi connectivity index (χ0n) is 21.2. The molecular weight excluding hydrogens is 492 g/mol. The van der Waals surface area contributed by atoms with E-state index in [2.05, 4.69) is 15.6 Å². The highest BCUT2D eigenvalue weighted by atomic mass is 16.3. The summed E-state index contributed by atoms with van der Waals surface area (Å²) >= 11 is 0. The fourth-order valence-corrected chi connectivity index (χ4v) is 5.65. The maximum absolute atomic E-state index is 13.6. The van der Waals surface area contributed by atoms with Crippen LogP contribution in [0.3, 0.4) is 0 Å². The van der Waals surface area contributed by atoms with Crippen molar-refractivity contribution in [3.63, 3.8) is 0 Å². The molecule has 7 rings (SSSR count). The summed E-state index contributed by atoms with van der Waals surface area (Å²) in [7, 11) is 3.44. The van der Waals surface area contributed by atoms with Crippen molar-refractivity contribution in [2.45, 2.75) is 6.04 Å². The summed E-state index contributed by atoms with van der Waals surface area (Å²) < 4.78 is 3.15. The van der Waals surface area contributed by atoms with Crippen LogP contribution in [0, 0.1) is 0 Å². The number of nitrogens with one attached hydrogen (secondary N) is 2. The van der Waals surface area contributed by atoms with Crippen molar-refractivity contribution in [2.75, 3.05) is 10.4 Å². The van der Waals surface area contributed by atoms with Gasteiger partial charge in [-0.1, -0.05) is 60.7 Å². The van der Waals surface area contributed by atoms with Crippen LogP contribution in [-0.4, -0.2) is 24.4 Å². The maximum atomic E-state index is 13.6. The predicted molar refractivity (Wildman–Crippen MR) is 152 cm³/mol. The van der Waals surface area contributed by atoms with Gasteiger partial charge in [0.1, 0.15) is 17.4 Å². The Morgan fingerprint density at radius 1 is 0.821 bits per heavy atom. The van der Waals surface area contributed by atoms with E-state index in [1.54, 1.807) is 36.9 Å². The van der Waals surface area contributed by atoms with E-state index in [0.29, 0.717) is 33.7 Å². The van der Waals surface area contributed by atoms with Crippen molar-refractivity contribution in [1.29, 1.82) is 0 Å². The number of nitrogens with zero attached hydrogens (tertiary/aromatic N) is 4. The molecule has 1 unspecified atom stereocenters. The molecule has 9 heteroatoms. The van der Waals surface area contributed by atoms with Crippen LogP contribution in [0.4, 0.5) is 11.5 Å². The van der Waals surface area contributed by atoms with E-state index in [1.807, 2.05) is 71.7 Å². The zero-order chi connectivity index (χ0) is 26.8. The largest absolute Gasteiger partial charge is 0.506 e. The number of para-hydroxylation sites is 2. The number of fused-ring (bicyclic) bond motifs is 3. The molecule has 9 nitrogen and oxygen atoms in total. The highest BCUT2D eigenvalue weighted by Gasteiger charge is 2.39. The number of aromatic nitrogens is 4. The second kappa shape index (κ2) is 8.35. The number of aromatic hydroxyl groups is 1. The molecule has 192 valence electrons. The second-order valence-corrected chi connectivity index (χ2v) is 9.70. The number of anilines is 2. The van der Waals surface area contributed by atoms with Gasteiger partial charge in [-0.25, -0.2) is 0 Å². The second-order valence-electron chi connectivity index (χ2n) is 9.70. The fraction of sp³-hybridized carbons (Fsp3) is 0.100. The summed E-state index contributed by atoms with van der Waals surface area (Å²) in [5, 5.41) is 22.3. The molecule has 39 heavy (non-hydrogen) atoms. The van der Waals surface area contributed by atoms with Gasteiger partial charge in [-0.05, 0) is 23.8 Å². The molecule has 3 N–H and O–H groups in total. The van der Waals surface area contributed by atoms with E-state index < -0.39 is 6.04 Å². The average molecular weight is 517 g/mol. The first-order valence-electron chi connectivity index (χ1n) is 12.5. The van der Waals surface area contributed by atoms with Gasteiger partial charge in [0.25, 0.3) is 11.1 Å². The standard InChI is InChI=1S/C30H24N6O3/c1-34-20-14-8-6-12-18(20)22(16-23(34)37)36-27(17-10-4-3-5-11-17)24-26(31-32-29(24)33-36)25-28(38)19-13-7-9-15-21(19)35(2)30(25)39/h3-16,27,38H,1-2H3,(H2,31,32,33). The average Bonchev–Trinajstić information content (AvgIpc) is 3.54. The van der Waals surface area contributed by atoms with Gasteiger partial charge in [0, 0.05) is 30.9 Å². The van der Waals surface area contributed by atoms with Gasteiger partial charge in [0.15, 0.2) is 5.82 Å². The monoisotopic (exact) mass is 516 g/mol. The smallest absolute Gasteiger partial charge is 0.264 e. The van der Waals surface area contributed by atoms with E-state index in [4.69, 9.17) is 0 Å². The summed E-state index contributed by atoms with van der Waals surface area (Å²) in [4.78, 5) is 26.6. The molecule has 0 spiro atoms. The Balaban J connectivity index is 1.51. The first-order valence-corrected chi connectivity index (χ1v) is 12.5. The Morgan fingerprint density at radius 3 is 2.21 bits per heavy atom. The topological polar surface area (TPSA) is 108 Å². The number of hydrazine groups is 1. The number of aryl methyl sites for hydroxylation is 2. The van der Waals surface area contributed by atoms with Gasteiger partial charge in [0.2, 0.25) is 0 Å². The molecule has 0 fully saturated rings. The number of benzene rings is 3. The minimum absolute atomic E-state index is 0.107. The molecule has 0 bridgehead atoms. The molecule has 6 aromatic rings. The van der Waals surface area contributed by atoms with Gasteiger partial charge < -0.3 is 14.2 Å². The van der Waals surface area contributed by atoms with Crippen LogP contribution in [0.5, 0.6) is 5.75 Å². The van der Waals surface area contributed by atoms with Crippen LogP contribution < -0.4 is 21.6 Å². The van der Waals surface area contributed by atoms with Gasteiger partial charge in [0.05, 0.1) is 28.0 Å². The van der Waals surface area contributed by atoms with Crippen LogP contribution in [-0.2, 0) is 14.1 Å². The number of H-pyrrole nitrogens is 1. The van der Waals surface area contributed by atoms with Crippen LogP contribution in [0.15, 0.2) is 94.5 Å². The Morgan fingerprint density at radius 2 is 1.46 bits per heavy atom. The molecule has 3 aromatic heterocycles. The number of aromatic amines is 1. The summed E-state index contributed by atoms with van der Waals surface area (Å²) in [6.07, 6.45) is 0. The van der Waals surface area contributed by atoms with E-state index in [0.717, 1.165) is 16.5 Å². The molecule has 0 aliphatic carbocycles. The van der Waals surface area contributed by atoms with Crippen molar-refractivity contribution < 1.29 is 5.11 Å². The quantitative estimate of drug-likeness (QED) is 0.321. The lowest BCUT2D eigenvalue weighted by molar-refractivity contribution is 0.481. The van der Waals surface area contributed by atoms with E-state index in [1.165, 1.54) is 4.57 Å². The summed E-state index contributed by atoms with van der Waals surface area (Å²) in [6, 6.07) is 25.9. The number of pyridine rings is 2. The third kappa shape index (κ3) is 3.23. The van der Waals surface area contributed by atoms with Gasteiger partial charge in [-0.15, -0.1) is 0 Å². The fourth-order valence-electron chi connectivity index (χ4n) is 5.65. The van der Waals surface area contributed by atoms with Crippen LogP contribution in [0.2, 0.25) is 0 Å². The van der Waals surface area contributed by atoms with Crippen LogP contribution in [0.1, 0.15) is 17.2 Å². The van der Waals surface area contributed by atoms with Crippen molar-refractivity contribution in [3.05, 3.63) is 117 Å². The molecule has 0 saturated heterocycles. The van der Waals surface area contributed by atoms with E-state index in [9.17, 15) is 14.7 Å². The SMILES string of the molecule is Cn1c(=O)cc(N2Nc3n[nH]c(-c4c(O)c5ccccc5n(C)c4=O)c3C2c2ccccc2)c2ccccc21. The third-order valence-electron chi connectivity index (χ3n) is 7.59. The molecule has 4 heterocycles.